The molecule has 0 aliphatic rings. The van der Waals surface area contributed by atoms with Gasteiger partial charge >= 0.3 is 0 Å². The minimum atomic E-state index is -3.65. The third kappa shape index (κ3) is 5.62. The molecule has 152 valence electrons. The summed E-state index contributed by atoms with van der Waals surface area (Å²) in [5, 5.41) is 2.82. The Morgan fingerprint density at radius 2 is 1.89 bits per heavy atom. The predicted molar refractivity (Wildman–Crippen MR) is 112 cm³/mol. The number of amides is 1. The summed E-state index contributed by atoms with van der Waals surface area (Å²) in [7, 11) is -0.554. The first-order valence-corrected chi connectivity index (χ1v) is 11.0. The first-order chi connectivity index (χ1) is 13.2. The molecule has 1 amide bonds. The maximum atomic E-state index is 12.6. The van der Waals surface area contributed by atoms with Crippen LogP contribution < -0.4 is 19.1 Å². The van der Waals surface area contributed by atoms with Crippen LogP contribution in [-0.2, 0) is 14.8 Å². The van der Waals surface area contributed by atoms with E-state index in [4.69, 9.17) is 9.47 Å². The average molecular weight is 471 g/mol. The lowest BCUT2D eigenvalue weighted by molar-refractivity contribution is -0.120. The highest BCUT2D eigenvalue weighted by atomic mass is 79.9. The van der Waals surface area contributed by atoms with Gasteiger partial charge in [-0.25, -0.2) is 8.42 Å². The van der Waals surface area contributed by atoms with Gasteiger partial charge in [0, 0.05) is 10.0 Å². The van der Waals surface area contributed by atoms with Gasteiger partial charge < -0.3 is 14.8 Å². The van der Waals surface area contributed by atoms with E-state index in [1.165, 1.54) is 0 Å². The molecular weight excluding hydrogens is 448 g/mol. The molecule has 0 saturated carbocycles. The van der Waals surface area contributed by atoms with E-state index in [9.17, 15) is 13.2 Å². The molecule has 7 nitrogen and oxygen atoms in total. The summed E-state index contributed by atoms with van der Waals surface area (Å²) in [6.45, 7) is 1.45. The number of carbonyl (C=O) groups excluding carboxylic acids is 1. The molecule has 0 radical (unpaired) electrons. The highest BCUT2D eigenvalue weighted by Crippen LogP contribution is 2.29. The third-order valence-corrected chi connectivity index (χ3v) is 5.70. The second kappa shape index (κ2) is 9.29. The van der Waals surface area contributed by atoms with Crippen LogP contribution in [0.15, 0.2) is 46.9 Å². The van der Waals surface area contributed by atoms with Crippen molar-refractivity contribution in [2.24, 2.45) is 0 Å². The summed E-state index contributed by atoms with van der Waals surface area (Å²) in [6, 6.07) is 11.6. The van der Waals surface area contributed by atoms with E-state index in [0.717, 1.165) is 16.1 Å². The fraction of sp³-hybridized carbons (Fsp3) is 0.316. The van der Waals surface area contributed by atoms with Crippen LogP contribution in [0.4, 0.5) is 5.69 Å². The maximum Gasteiger partial charge on any atom is 0.241 e. The van der Waals surface area contributed by atoms with Gasteiger partial charge in [-0.3, -0.25) is 9.10 Å². The number of rotatable bonds is 8. The summed E-state index contributed by atoms with van der Waals surface area (Å²) in [5.41, 5.74) is 1.13. The van der Waals surface area contributed by atoms with E-state index in [1.54, 1.807) is 63.6 Å². The molecule has 0 aliphatic heterocycles. The quantitative estimate of drug-likeness (QED) is 0.640. The Labute approximate surface area is 173 Å². The highest BCUT2D eigenvalue weighted by molar-refractivity contribution is 9.10. The Morgan fingerprint density at radius 3 is 2.46 bits per heavy atom. The van der Waals surface area contributed by atoms with Crippen molar-refractivity contribution in [1.29, 1.82) is 0 Å². The molecule has 2 aromatic rings. The molecule has 1 N–H and O–H groups in total. The lowest BCUT2D eigenvalue weighted by Crippen LogP contribution is -2.41. The van der Waals surface area contributed by atoms with Crippen molar-refractivity contribution in [3.8, 4) is 11.5 Å². The number of nitrogens with one attached hydrogen (secondary N) is 1. The molecule has 0 bridgehead atoms. The molecule has 1 atom stereocenters. The first kappa shape index (κ1) is 22.0. The van der Waals surface area contributed by atoms with Crippen molar-refractivity contribution in [3.05, 3.63) is 52.5 Å². The molecule has 0 aliphatic carbocycles. The van der Waals surface area contributed by atoms with Crippen LogP contribution in [0, 0.1) is 0 Å². The van der Waals surface area contributed by atoms with Crippen LogP contribution in [0.2, 0.25) is 0 Å². The number of hydrogen-bond acceptors (Lipinski definition) is 5. The number of methoxy groups -OCH3 is 2. The Morgan fingerprint density at radius 1 is 1.18 bits per heavy atom. The predicted octanol–water partition coefficient (Wildman–Crippen LogP) is 3.11. The smallest absolute Gasteiger partial charge is 0.241 e. The van der Waals surface area contributed by atoms with Crippen LogP contribution in [-0.4, -0.2) is 41.3 Å². The number of carbonyl (C=O) groups is 1. The second-order valence-electron chi connectivity index (χ2n) is 6.15. The van der Waals surface area contributed by atoms with Gasteiger partial charge in [-0.05, 0) is 43.3 Å². The van der Waals surface area contributed by atoms with E-state index in [2.05, 4.69) is 21.2 Å². The monoisotopic (exact) mass is 470 g/mol. The van der Waals surface area contributed by atoms with Gasteiger partial charge in [-0.1, -0.05) is 22.0 Å². The molecule has 0 spiro atoms. The van der Waals surface area contributed by atoms with Crippen molar-refractivity contribution in [1.82, 2.24) is 5.32 Å². The van der Waals surface area contributed by atoms with E-state index >= 15 is 0 Å². The zero-order valence-corrected chi connectivity index (χ0v) is 18.5. The summed E-state index contributed by atoms with van der Waals surface area (Å²) >= 11 is 3.32. The van der Waals surface area contributed by atoms with Crippen LogP contribution >= 0.6 is 15.9 Å². The van der Waals surface area contributed by atoms with Crippen molar-refractivity contribution < 1.29 is 22.7 Å². The fourth-order valence-corrected chi connectivity index (χ4v) is 3.94. The number of nitrogens with zero attached hydrogens (tertiary/aromatic N) is 1. The molecule has 28 heavy (non-hydrogen) atoms. The largest absolute Gasteiger partial charge is 0.497 e. The third-order valence-electron chi connectivity index (χ3n) is 4.06. The SMILES string of the molecule is COc1ccc(OC)c(C(C)NC(=O)CN(c2cccc(Br)c2)S(C)(=O)=O)c1. The van der Waals surface area contributed by atoms with E-state index < -0.39 is 22.0 Å². The summed E-state index contributed by atoms with van der Waals surface area (Å²) in [4.78, 5) is 12.6. The summed E-state index contributed by atoms with van der Waals surface area (Å²) in [6.07, 6.45) is 1.07. The first-order valence-electron chi connectivity index (χ1n) is 8.40. The highest BCUT2D eigenvalue weighted by Gasteiger charge is 2.23. The molecule has 0 aromatic heterocycles. The zero-order chi connectivity index (χ0) is 20.9. The molecule has 0 fully saturated rings. The molecule has 2 rings (SSSR count). The number of halogens is 1. The number of sulfonamides is 1. The van der Waals surface area contributed by atoms with Crippen LogP contribution in [0.25, 0.3) is 0 Å². The molecule has 1 unspecified atom stereocenters. The molecule has 9 heteroatoms. The lowest BCUT2D eigenvalue weighted by atomic mass is 10.1. The van der Waals surface area contributed by atoms with Gasteiger partial charge in [0.15, 0.2) is 0 Å². The molecule has 0 saturated heterocycles. The molecule has 0 heterocycles. The van der Waals surface area contributed by atoms with Crippen LogP contribution in [0.5, 0.6) is 11.5 Å². The zero-order valence-electron chi connectivity index (χ0n) is 16.1. The second-order valence-corrected chi connectivity index (χ2v) is 8.97. The van der Waals surface area contributed by atoms with Crippen molar-refractivity contribution in [2.45, 2.75) is 13.0 Å². The van der Waals surface area contributed by atoms with Crippen LogP contribution in [0.1, 0.15) is 18.5 Å². The minimum absolute atomic E-state index is 0.341. The lowest BCUT2D eigenvalue weighted by Gasteiger charge is -2.24. The molecule has 2 aromatic carbocycles. The van der Waals surface area contributed by atoms with Crippen LogP contribution in [0.3, 0.4) is 0 Å². The Bertz CT molecular complexity index is 949. The van der Waals surface area contributed by atoms with Crippen molar-refractivity contribution in [2.75, 3.05) is 31.3 Å². The number of hydrogen-bond donors (Lipinski definition) is 1. The van der Waals surface area contributed by atoms with Gasteiger partial charge in [0.1, 0.15) is 18.0 Å². The van der Waals surface area contributed by atoms with E-state index in [0.29, 0.717) is 21.7 Å². The van der Waals surface area contributed by atoms with Gasteiger partial charge in [0.25, 0.3) is 0 Å². The van der Waals surface area contributed by atoms with Crippen molar-refractivity contribution in [3.63, 3.8) is 0 Å². The van der Waals surface area contributed by atoms with E-state index in [-0.39, 0.29) is 6.54 Å². The standard InChI is InChI=1S/C19H23BrN2O5S/c1-13(17-11-16(26-2)8-9-18(17)27-3)21-19(23)12-22(28(4,24)25)15-7-5-6-14(20)10-15/h5-11,13H,12H2,1-4H3,(H,21,23). The Hall–Kier alpha value is -2.26. The minimum Gasteiger partial charge on any atom is -0.497 e. The maximum absolute atomic E-state index is 12.6. The number of ether oxygens (including phenoxy) is 2. The normalized spacial score (nSPS) is 12.2. The van der Waals surface area contributed by atoms with Gasteiger partial charge in [-0.2, -0.15) is 0 Å². The Balaban J connectivity index is 2.21. The van der Waals surface area contributed by atoms with Gasteiger partial charge in [-0.15, -0.1) is 0 Å². The average Bonchev–Trinajstić information content (AvgIpc) is 2.64. The van der Waals surface area contributed by atoms with Gasteiger partial charge in [0.2, 0.25) is 15.9 Å². The fourth-order valence-electron chi connectivity index (χ4n) is 2.70. The van der Waals surface area contributed by atoms with Gasteiger partial charge in [0.05, 0.1) is 32.2 Å². The Kier molecular flexibility index (Phi) is 7.31. The number of anilines is 1. The summed E-state index contributed by atoms with van der Waals surface area (Å²) in [5.74, 6) is 0.784. The number of benzene rings is 2. The van der Waals surface area contributed by atoms with Crippen molar-refractivity contribution >= 4 is 37.5 Å². The van der Waals surface area contributed by atoms with E-state index in [1.807, 2.05) is 0 Å². The summed E-state index contributed by atoms with van der Waals surface area (Å²) < 4.78 is 36.8. The topological polar surface area (TPSA) is 84.9 Å². The molecular formula is C19H23BrN2O5S.